The Hall–Kier alpha value is -1.55. The third-order valence-electron chi connectivity index (χ3n) is 2.48. The molecule has 0 heterocycles. The molecule has 4 N–H and O–H groups in total. The van der Waals surface area contributed by atoms with Gasteiger partial charge in [-0.25, -0.2) is 0 Å². The number of carbonyl (C=O) groups excluding carboxylic acids is 1. The summed E-state index contributed by atoms with van der Waals surface area (Å²) in [4.78, 5) is 11.7. The number of benzene rings is 1. The number of carbonyl (C=O) groups is 1. The van der Waals surface area contributed by atoms with E-state index in [1.807, 2.05) is 6.92 Å². The van der Waals surface area contributed by atoms with E-state index < -0.39 is 0 Å². The summed E-state index contributed by atoms with van der Waals surface area (Å²) in [5.41, 5.74) is 6.67. The van der Waals surface area contributed by atoms with Crippen LogP contribution in [0.15, 0.2) is 18.2 Å². The fourth-order valence-corrected chi connectivity index (χ4v) is 1.20. The maximum absolute atomic E-state index is 11.7. The molecule has 16 heavy (non-hydrogen) atoms. The van der Waals surface area contributed by atoms with Crippen LogP contribution < -0.4 is 11.1 Å². The second-order valence-electron chi connectivity index (χ2n) is 4.05. The van der Waals surface area contributed by atoms with Crippen molar-refractivity contribution in [2.24, 2.45) is 11.7 Å². The number of phenols is 1. The van der Waals surface area contributed by atoms with E-state index in [0.29, 0.717) is 18.7 Å². The predicted molar refractivity (Wildman–Crippen MR) is 63.4 cm³/mol. The molecule has 4 nitrogen and oxygen atoms in total. The van der Waals surface area contributed by atoms with Gasteiger partial charge in [-0.3, -0.25) is 4.79 Å². The normalized spacial score (nSPS) is 12.2. The zero-order valence-electron chi connectivity index (χ0n) is 9.66. The van der Waals surface area contributed by atoms with Crippen LogP contribution in [0.1, 0.15) is 22.8 Å². The average Bonchev–Trinajstić information content (AvgIpc) is 2.29. The lowest BCUT2D eigenvalue weighted by molar-refractivity contribution is 0.0948. The van der Waals surface area contributed by atoms with Crippen LogP contribution in [-0.2, 0) is 0 Å². The Kier molecular flexibility index (Phi) is 4.31. The van der Waals surface area contributed by atoms with Gasteiger partial charge in [0, 0.05) is 12.1 Å². The van der Waals surface area contributed by atoms with Crippen LogP contribution in [0.5, 0.6) is 5.75 Å². The number of nitrogens with one attached hydrogen (secondary N) is 1. The third-order valence-corrected chi connectivity index (χ3v) is 2.48. The Morgan fingerprint density at radius 3 is 2.81 bits per heavy atom. The van der Waals surface area contributed by atoms with Crippen LogP contribution in [0, 0.1) is 12.8 Å². The molecule has 4 heteroatoms. The predicted octanol–water partition coefficient (Wildman–Crippen LogP) is 1.03. The number of aromatic hydroxyl groups is 1. The number of nitrogens with two attached hydrogens (primary N) is 1. The average molecular weight is 222 g/mol. The molecule has 1 amide bonds. The summed E-state index contributed by atoms with van der Waals surface area (Å²) in [6, 6.07) is 4.88. The maximum Gasteiger partial charge on any atom is 0.251 e. The Morgan fingerprint density at radius 2 is 2.25 bits per heavy atom. The molecule has 0 radical (unpaired) electrons. The first kappa shape index (κ1) is 12.5. The monoisotopic (exact) mass is 222 g/mol. The first-order chi connectivity index (χ1) is 7.54. The number of amides is 1. The maximum atomic E-state index is 11.7. The van der Waals surface area contributed by atoms with E-state index in [2.05, 4.69) is 5.32 Å². The molecule has 1 atom stereocenters. The van der Waals surface area contributed by atoms with Crippen molar-refractivity contribution in [2.45, 2.75) is 13.8 Å². The van der Waals surface area contributed by atoms with E-state index in [4.69, 9.17) is 5.73 Å². The van der Waals surface area contributed by atoms with Crippen molar-refractivity contribution < 1.29 is 9.90 Å². The minimum absolute atomic E-state index is 0.138. The van der Waals surface area contributed by atoms with Crippen LogP contribution in [0.25, 0.3) is 0 Å². The van der Waals surface area contributed by atoms with Crippen molar-refractivity contribution in [3.05, 3.63) is 29.3 Å². The van der Waals surface area contributed by atoms with Gasteiger partial charge in [-0.05, 0) is 37.1 Å². The number of aryl methyl sites for hydroxylation is 1. The molecule has 0 aromatic heterocycles. The topological polar surface area (TPSA) is 75.4 Å². The van der Waals surface area contributed by atoms with Gasteiger partial charge in [0.05, 0.1) is 0 Å². The van der Waals surface area contributed by atoms with E-state index in [-0.39, 0.29) is 17.6 Å². The number of rotatable bonds is 4. The minimum atomic E-state index is -0.185. The van der Waals surface area contributed by atoms with Crippen molar-refractivity contribution in [3.63, 3.8) is 0 Å². The van der Waals surface area contributed by atoms with Crippen LogP contribution in [0.3, 0.4) is 0 Å². The standard InChI is InChI=1S/C12H18N2O2/c1-8(6-13)7-14-12(16)10-4-3-9(2)11(15)5-10/h3-5,8,15H,6-7,13H2,1-2H3,(H,14,16). The van der Waals surface area contributed by atoms with Crippen molar-refractivity contribution >= 4 is 5.91 Å². The van der Waals surface area contributed by atoms with Gasteiger partial charge in [0.1, 0.15) is 5.75 Å². The zero-order chi connectivity index (χ0) is 12.1. The Labute approximate surface area is 95.5 Å². The van der Waals surface area contributed by atoms with Crippen molar-refractivity contribution in [2.75, 3.05) is 13.1 Å². The van der Waals surface area contributed by atoms with E-state index in [1.165, 1.54) is 6.07 Å². The Bertz CT molecular complexity index is 377. The fourth-order valence-electron chi connectivity index (χ4n) is 1.20. The molecule has 0 aliphatic carbocycles. The summed E-state index contributed by atoms with van der Waals surface area (Å²) in [5, 5.41) is 12.2. The summed E-state index contributed by atoms with van der Waals surface area (Å²) < 4.78 is 0. The molecule has 0 aliphatic rings. The first-order valence-corrected chi connectivity index (χ1v) is 5.32. The number of hydrogen-bond donors (Lipinski definition) is 3. The highest BCUT2D eigenvalue weighted by molar-refractivity contribution is 5.94. The number of phenolic OH excluding ortho intramolecular Hbond substituents is 1. The van der Waals surface area contributed by atoms with Gasteiger partial charge in [0.15, 0.2) is 0 Å². The van der Waals surface area contributed by atoms with E-state index >= 15 is 0 Å². The summed E-state index contributed by atoms with van der Waals surface area (Å²) >= 11 is 0. The molecule has 1 aromatic carbocycles. The molecule has 0 saturated heterocycles. The lowest BCUT2D eigenvalue weighted by Crippen LogP contribution is -2.31. The third kappa shape index (κ3) is 3.24. The molecule has 0 spiro atoms. The second-order valence-corrected chi connectivity index (χ2v) is 4.05. The van der Waals surface area contributed by atoms with Crippen molar-refractivity contribution in [3.8, 4) is 5.75 Å². The van der Waals surface area contributed by atoms with Crippen LogP contribution in [-0.4, -0.2) is 24.1 Å². The summed E-state index contributed by atoms with van der Waals surface area (Å²) in [6.07, 6.45) is 0. The van der Waals surface area contributed by atoms with Gasteiger partial charge in [-0.15, -0.1) is 0 Å². The summed E-state index contributed by atoms with van der Waals surface area (Å²) in [7, 11) is 0. The molecule has 0 bridgehead atoms. The van der Waals surface area contributed by atoms with Gasteiger partial charge in [0.25, 0.3) is 5.91 Å². The van der Waals surface area contributed by atoms with Crippen LogP contribution >= 0.6 is 0 Å². The lowest BCUT2D eigenvalue weighted by Gasteiger charge is -2.10. The molecular formula is C12H18N2O2. The van der Waals surface area contributed by atoms with Gasteiger partial charge < -0.3 is 16.2 Å². The second kappa shape index (κ2) is 5.51. The molecule has 0 aliphatic heterocycles. The van der Waals surface area contributed by atoms with E-state index in [1.54, 1.807) is 19.1 Å². The first-order valence-electron chi connectivity index (χ1n) is 5.32. The minimum Gasteiger partial charge on any atom is -0.508 e. The van der Waals surface area contributed by atoms with E-state index in [0.717, 1.165) is 5.56 Å². The largest absolute Gasteiger partial charge is 0.508 e. The summed E-state index contributed by atoms with van der Waals surface area (Å²) in [5.74, 6) is 0.207. The smallest absolute Gasteiger partial charge is 0.251 e. The van der Waals surface area contributed by atoms with Gasteiger partial charge in [0.2, 0.25) is 0 Å². The van der Waals surface area contributed by atoms with Crippen LogP contribution in [0.4, 0.5) is 0 Å². The Balaban J connectivity index is 2.63. The van der Waals surface area contributed by atoms with Gasteiger partial charge >= 0.3 is 0 Å². The lowest BCUT2D eigenvalue weighted by atomic mass is 10.1. The van der Waals surface area contributed by atoms with Gasteiger partial charge in [-0.1, -0.05) is 13.0 Å². The molecule has 0 fully saturated rings. The SMILES string of the molecule is Cc1ccc(C(=O)NCC(C)CN)cc1O. The van der Waals surface area contributed by atoms with Crippen molar-refractivity contribution in [1.82, 2.24) is 5.32 Å². The highest BCUT2D eigenvalue weighted by atomic mass is 16.3. The highest BCUT2D eigenvalue weighted by Crippen LogP contribution is 2.17. The fraction of sp³-hybridized carbons (Fsp3) is 0.417. The van der Waals surface area contributed by atoms with Crippen molar-refractivity contribution in [1.29, 1.82) is 0 Å². The highest BCUT2D eigenvalue weighted by Gasteiger charge is 2.08. The van der Waals surface area contributed by atoms with Gasteiger partial charge in [-0.2, -0.15) is 0 Å². The molecular weight excluding hydrogens is 204 g/mol. The van der Waals surface area contributed by atoms with E-state index in [9.17, 15) is 9.90 Å². The Morgan fingerprint density at radius 1 is 1.56 bits per heavy atom. The molecule has 1 unspecified atom stereocenters. The quantitative estimate of drug-likeness (QED) is 0.712. The van der Waals surface area contributed by atoms with Crippen LogP contribution in [0.2, 0.25) is 0 Å². The summed E-state index contributed by atoms with van der Waals surface area (Å²) in [6.45, 7) is 4.84. The molecule has 88 valence electrons. The molecule has 1 aromatic rings. The number of hydrogen-bond acceptors (Lipinski definition) is 3. The molecule has 0 saturated carbocycles. The zero-order valence-corrected chi connectivity index (χ0v) is 9.66. The molecule has 1 rings (SSSR count).